The summed E-state index contributed by atoms with van der Waals surface area (Å²) >= 11 is 1.54. The molecule has 5 nitrogen and oxygen atoms in total. The van der Waals surface area contributed by atoms with Crippen LogP contribution >= 0.6 is 11.8 Å². The van der Waals surface area contributed by atoms with Crippen LogP contribution < -0.4 is 0 Å². The summed E-state index contributed by atoms with van der Waals surface area (Å²) in [4.78, 5) is 19.0. The summed E-state index contributed by atoms with van der Waals surface area (Å²) in [5.74, 6) is 0.757. The monoisotopic (exact) mass is 263 g/mol. The van der Waals surface area contributed by atoms with Gasteiger partial charge in [-0.2, -0.15) is 0 Å². The van der Waals surface area contributed by atoms with E-state index in [9.17, 15) is 4.79 Å². The van der Waals surface area contributed by atoms with Crippen LogP contribution in [0.3, 0.4) is 0 Å². The van der Waals surface area contributed by atoms with Crippen LogP contribution in [0, 0.1) is 0 Å². The predicted octanol–water partition coefficient (Wildman–Crippen LogP) is 2.29. The number of aryl methyl sites for hydroxylation is 1. The molecule has 2 heterocycles. The average Bonchev–Trinajstić information content (AvgIpc) is 2.84. The summed E-state index contributed by atoms with van der Waals surface area (Å²) in [6, 6.07) is 3.28. The quantitative estimate of drug-likeness (QED) is 0.838. The lowest BCUT2D eigenvalue weighted by atomic mass is 10.3. The van der Waals surface area contributed by atoms with Gasteiger partial charge in [-0.1, -0.05) is 11.8 Å². The zero-order chi connectivity index (χ0) is 13.0. The van der Waals surface area contributed by atoms with Gasteiger partial charge in [0.25, 0.3) is 0 Å². The Morgan fingerprint density at radius 2 is 2.28 bits per heavy atom. The van der Waals surface area contributed by atoms with E-state index in [1.165, 1.54) is 6.20 Å². The number of aromatic carboxylic acids is 1. The number of thioether (sulfide) groups is 1. The standard InChI is InChI=1S/C12H13N3O2S/c1-2-15-6-5-13-10(15)8-18-11-4-3-9(7-14-11)12(16)17/h3-7H,2,8H2,1H3,(H,16,17). The maximum absolute atomic E-state index is 10.7. The van der Waals surface area contributed by atoms with E-state index in [2.05, 4.69) is 21.5 Å². The number of imidazole rings is 1. The molecule has 2 aromatic rings. The first-order valence-electron chi connectivity index (χ1n) is 5.53. The van der Waals surface area contributed by atoms with E-state index in [0.29, 0.717) is 0 Å². The Bertz CT molecular complexity index is 537. The smallest absolute Gasteiger partial charge is 0.337 e. The first kappa shape index (κ1) is 12.6. The fourth-order valence-corrected chi connectivity index (χ4v) is 2.31. The second-order valence-electron chi connectivity index (χ2n) is 3.61. The summed E-state index contributed by atoms with van der Waals surface area (Å²) in [6.07, 6.45) is 5.09. The van der Waals surface area contributed by atoms with Crippen molar-refractivity contribution in [1.82, 2.24) is 14.5 Å². The number of rotatable bonds is 5. The van der Waals surface area contributed by atoms with E-state index < -0.39 is 5.97 Å². The van der Waals surface area contributed by atoms with Crippen LogP contribution in [0.5, 0.6) is 0 Å². The zero-order valence-corrected chi connectivity index (χ0v) is 10.7. The van der Waals surface area contributed by atoms with Crippen LogP contribution in [0.2, 0.25) is 0 Å². The third kappa shape index (κ3) is 2.89. The predicted molar refractivity (Wildman–Crippen MR) is 68.7 cm³/mol. The molecule has 0 aromatic carbocycles. The normalized spacial score (nSPS) is 10.5. The number of pyridine rings is 1. The number of hydrogen-bond acceptors (Lipinski definition) is 4. The highest BCUT2D eigenvalue weighted by Crippen LogP contribution is 2.20. The SMILES string of the molecule is CCn1ccnc1CSc1ccc(C(=O)O)cn1. The lowest BCUT2D eigenvalue weighted by molar-refractivity contribution is 0.0696. The molecule has 2 rings (SSSR count). The van der Waals surface area contributed by atoms with E-state index in [1.54, 1.807) is 30.1 Å². The third-order valence-electron chi connectivity index (χ3n) is 2.47. The van der Waals surface area contributed by atoms with Crippen molar-refractivity contribution < 1.29 is 9.90 Å². The Morgan fingerprint density at radius 1 is 1.44 bits per heavy atom. The van der Waals surface area contributed by atoms with E-state index in [4.69, 9.17) is 5.11 Å². The van der Waals surface area contributed by atoms with Gasteiger partial charge >= 0.3 is 5.97 Å². The minimum absolute atomic E-state index is 0.203. The molecule has 18 heavy (non-hydrogen) atoms. The molecule has 0 radical (unpaired) electrons. The van der Waals surface area contributed by atoms with E-state index >= 15 is 0 Å². The third-order valence-corrected chi connectivity index (χ3v) is 3.41. The fraction of sp³-hybridized carbons (Fsp3) is 0.250. The molecule has 1 N–H and O–H groups in total. The lowest BCUT2D eigenvalue weighted by Crippen LogP contribution is -1.99. The largest absolute Gasteiger partial charge is 0.478 e. The number of hydrogen-bond donors (Lipinski definition) is 1. The van der Waals surface area contributed by atoms with Crippen LogP contribution in [0.4, 0.5) is 0 Å². The molecule has 0 saturated carbocycles. The van der Waals surface area contributed by atoms with Crippen molar-refractivity contribution in [1.29, 1.82) is 0 Å². The maximum Gasteiger partial charge on any atom is 0.337 e. The summed E-state index contributed by atoms with van der Waals surface area (Å²) in [5.41, 5.74) is 0.203. The summed E-state index contributed by atoms with van der Waals surface area (Å²) in [5, 5.41) is 9.56. The van der Waals surface area contributed by atoms with Crippen LogP contribution in [-0.4, -0.2) is 25.6 Å². The Morgan fingerprint density at radius 3 is 2.89 bits per heavy atom. The molecular weight excluding hydrogens is 250 g/mol. The molecule has 0 saturated heterocycles. The minimum atomic E-state index is -0.958. The first-order valence-corrected chi connectivity index (χ1v) is 6.51. The van der Waals surface area contributed by atoms with Crippen LogP contribution in [0.1, 0.15) is 23.1 Å². The minimum Gasteiger partial charge on any atom is -0.478 e. The first-order chi connectivity index (χ1) is 8.70. The highest BCUT2D eigenvalue weighted by molar-refractivity contribution is 7.98. The molecule has 0 aliphatic heterocycles. The van der Waals surface area contributed by atoms with Gasteiger partial charge in [0.15, 0.2) is 0 Å². The van der Waals surface area contributed by atoms with Crippen molar-refractivity contribution >= 4 is 17.7 Å². The molecule has 0 atom stereocenters. The van der Waals surface area contributed by atoms with Gasteiger partial charge in [-0.15, -0.1) is 0 Å². The van der Waals surface area contributed by atoms with Gasteiger partial charge < -0.3 is 9.67 Å². The van der Waals surface area contributed by atoms with Crippen LogP contribution in [0.25, 0.3) is 0 Å². The number of aromatic nitrogens is 3. The second kappa shape index (κ2) is 5.68. The molecule has 2 aromatic heterocycles. The number of carboxylic acids is 1. The van der Waals surface area contributed by atoms with Crippen LogP contribution in [0.15, 0.2) is 35.7 Å². The Kier molecular flexibility index (Phi) is 3.99. The van der Waals surface area contributed by atoms with Gasteiger partial charge in [-0.25, -0.2) is 14.8 Å². The van der Waals surface area contributed by atoms with Crippen molar-refractivity contribution in [2.24, 2.45) is 0 Å². The van der Waals surface area contributed by atoms with Gasteiger partial charge in [-0.05, 0) is 19.1 Å². The molecule has 0 amide bonds. The number of carbonyl (C=O) groups is 1. The molecule has 94 valence electrons. The Labute approximate surface area is 109 Å². The molecule has 0 aliphatic rings. The van der Waals surface area contributed by atoms with Crippen molar-refractivity contribution in [3.05, 3.63) is 42.1 Å². The highest BCUT2D eigenvalue weighted by atomic mass is 32.2. The molecule has 0 fully saturated rings. The van der Waals surface area contributed by atoms with Gasteiger partial charge in [0.05, 0.1) is 16.3 Å². The van der Waals surface area contributed by atoms with Gasteiger partial charge in [0.1, 0.15) is 5.82 Å². The second-order valence-corrected chi connectivity index (χ2v) is 4.60. The lowest BCUT2D eigenvalue weighted by Gasteiger charge is -2.04. The Hall–Kier alpha value is -1.82. The number of carboxylic acid groups (broad SMARTS) is 1. The molecular formula is C12H13N3O2S. The molecule has 0 bridgehead atoms. The summed E-state index contributed by atoms with van der Waals surface area (Å²) in [7, 11) is 0. The topological polar surface area (TPSA) is 68.0 Å². The zero-order valence-electron chi connectivity index (χ0n) is 9.91. The fourth-order valence-electron chi connectivity index (χ4n) is 1.50. The summed E-state index contributed by atoms with van der Waals surface area (Å²) in [6.45, 7) is 2.96. The van der Waals surface area contributed by atoms with Crippen molar-refractivity contribution in [2.45, 2.75) is 24.2 Å². The Balaban J connectivity index is 2.00. The summed E-state index contributed by atoms with van der Waals surface area (Å²) < 4.78 is 2.07. The van der Waals surface area contributed by atoms with Gasteiger partial charge in [-0.3, -0.25) is 0 Å². The van der Waals surface area contributed by atoms with Crippen molar-refractivity contribution in [2.75, 3.05) is 0 Å². The van der Waals surface area contributed by atoms with Gasteiger partial charge in [0.2, 0.25) is 0 Å². The molecule has 0 spiro atoms. The molecule has 0 unspecified atom stereocenters. The van der Waals surface area contributed by atoms with E-state index in [0.717, 1.165) is 23.1 Å². The van der Waals surface area contributed by atoms with Crippen LogP contribution in [-0.2, 0) is 12.3 Å². The molecule has 6 heteroatoms. The maximum atomic E-state index is 10.7. The van der Waals surface area contributed by atoms with E-state index in [1.807, 2.05) is 6.20 Å². The van der Waals surface area contributed by atoms with E-state index in [-0.39, 0.29) is 5.56 Å². The van der Waals surface area contributed by atoms with Gasteiger partial charge in [0, 0.05) is 25.1 Å². The highest BCUT2D eigenvalue weighted by Gasteiger charge is 2.05. The molecule has 0 aliphatic carbocycles. The average molecular weight is 263 g/mol. The van der Waals surface area contributed by atoms with Crippen molar-refractivity contribution in [3.8, 4) is 0 Å². The number of nitrogens with zero attached hydrogens (tertiary/aromatic N) is 3. The van der Waals surface area contributed by atoms with Crippen molar-refractivity contribution in [3.63, 3.8) is 0 Å².